The van der Waals surface area contributed by atoms with E-state index in [-0.39, 0.29) is 35.5 Å². The predicted molar refractivity (Wildman–Crippen MR) is 99.2 cm³/mol. The molecule has 4 nitrogen and oxygen atoms in total. The molecule has 3 rings (SSSR count). The highest BCUT2D eigenvalue weighted by Gasteiger charge is 2.61. The van der Waals surface area contributed by atoms with Crippen molar-refractivity contribution >= 4 is 11.8 Å². The maximum atomic E-state index is 12.2. The minimum Gasteiger partial charge on any atom is -0.355 e. The van der Waals surface area contributed by atoms with Gasteiger partial charge in [0.25, 0.3) is 0 Å². The van der Waals surface area contributed by atoms with E-state index in [0.717, 1.165) is 19.3 Å². The number of carbonyl (C=O) groups excluding carboxylic acids is 2. The summed E-state index contributed by atoms with van der Waals surface area (Å²) < 4.78 is 0. The number of rotatable bonds is 7. The van der Waals surface area contributed by atoms with Gasteiger partial charge in [0, 0.05) is 30.8 Å². The van der Waals surface area contributed by atoms with E-state index in [2.05, 4.69) is 48.7 Å². The van der Waals surface area contributed by atoms with Crippen LogP contribution in [-0.4, -0.2) is 24.4 Å². The van der Waals surface area contributed by atoms with Gasteiger partial charge in [-0.1, -0.05) is 57.0 Å². The Morgan fingerprint density at radius 2 is 1.64 bits per heavy atom. The average Bonchev–Trinajstić information content (AvgIpc) is 2.93. The van der Waals surface area contributed by atoms with E-state index in [4.69, 9.17) is 0 Å². The third-order valence-electron chi connectivity index (χ3n) is 6.13. The van der Waals surface area contributed by atoms with Crippen LogP contribution in [0.3, 0.4) is 0 Å². The lowest BCUT2D eigenvalue weighted by Gasteiger charge is -2.22. The first-order valence-corrected chi connectivity index (χ1v) is 9.55. The molecule has 0 saturated heterocycles. The summed E-state index contributed by atoms with van der Waals surface area (Å²) in [5, 5.41) is 6.11. The molecule has 1 atom stereocenters. The fourth-order valence-corrected chi connectivity index (χ4v) is 4.30. The van der Waals surface area contributed by atoms with Crippen LogP contribution in [0.1, 0.15) is 64.4 Å². The van der Waals surface area contributed by atoms with Crippen LogP contribution in [-0.2, 0) is 15.0 Å². The van der Waals surface area contributed by atoms with Crippen LogP contribution in [0.5, 0.6) is 0 Å². The summed E-state index contributed by atoms with van der Waals surface area (Å²) in [4.78, 5) is 24.2. The molecule has 0 heterocycles. The van der Waals surface area contributed by atoms with Crippen molar-refractivity contribution in [3.63, 3.8) is 0 Å². The Hall–Kier alpha value is -1.84. The number of hydrogen-bond acceptors (Lipinski definition) is 2. The molecule has 1 aromatic carbocycles. The number of nitrogens with one attached hydrogen (secondary N) is 2. The van der Waals surface area contributed by atoms with Crippen LogP contribution in [0.15, 0.2) is 30.3 Å². The summed E-state index contributed by atoms with van der Waals surface area (Å²) in [7, 11) is 0. The third-order valence-corrected chi connectivity index (χ3v) is 6.13. The minimum absolute atomic E-state index is 0.00609. The minimum atomic E-state index is -0.0282. The molecule has 2 aliphatic rings. The molecule has 136 valence electrons. The van der Waals surface area contributed by atoms with Crippen LogP contribution in [0.2, 0.25) is 0 Å². The summed E-state index contributed by atoms with van der Waals surface area (Å²) in [6.07, 6.45) is 6.17. The molecule has 0 radical (unpaired) electrons. The lowest BCUT2D eigenvalue weighted by molar-refractivity contribution is -0.126. The van der Waals surface area contributed by atoms with Crippen molar-refractivity contribution in [3.05, 3.63) is 35.9 Å². The second kappa shape index (κ2) is 7.19. The second-order valence-corrected chi connectivity index (χ2v) is 8.33. The van der Waals surface area contributed by atoms with Crippen molar-refractivity contribution in [2.45, 2.75) is 70.3 Å². The highest BCUT2D eigenvalue weighted by atomic mass is 16.2. The van der Waals surface area contributed by atoms with Gasteiger partial charge in [0.05, 0.1) is 0 Å². The largest absolute Gasteiger partial charge is 0.355 e. The number of carbonyl (C=O) groups is 2. The summed E-state index contributed by atoms with van der Waals surface area (Å²) in [6.45, 7) is 5.15. The van der Waals surface area contributed by atoms with Crippen molar-refractivity contribution in [3.8, 4) is 0 Å². The normalized spacial score (nSPS) is 24.7. The first-order chi connectivity index (χ1) is 11.9. The van der Waals surface area contributed by atoms with Gasteiger partial charge < -0.3 is 10.6 Å². The van der Waals surface area contributed by atoms with Gasteiger partial charge in [-0.25, -0.2) is 0 Å². The number of benzene rings is 1. The van der Waals surface area contributed by atoms with Crippen LogP contribution < -0.4 is 10.6 Å². The van der Waals surface area contributed by atoms with Crippen molar-refractivity contribution in [2.24, 2.45) is 5.41 Å². The molecule has 2 N–H and O–H groups in total. The molecule has 0 aromatic heterocycles. The van der Waals surface area contributed by atoms with E-state index in [1.54, 1.807) is 0 Å². The van der Waals surface area contributed by atoms with E-state index >= 15 is 0 Å². The van der Waals surface area contributed by atoms with Gasteiger partial charge in [-0.05, 0) is 30.2 Å². The Labute approximate surface area is 150 Å². The maximum absolute atomic E-state index is 12.2. The first-order valence-electron chi connectivity index (χ1n) is 9.55. The Morgan fingerprint density at radius 1 is 1.04 bits per heavy atom. The Morgan fingerprint density at radius 3 is 2.24 bits per heavy atom. The Kier molecular flexibility index (Phi) is 5.16. The van der Waals surface area contributed by atoms with E-state index in [0.29, 0.717) is 12.6 Å². The fourth-order valence-electron chi connectivity index (χ4n) is 4.30. The fraction of sp³-hybridized carbons (Fsp3) is 0.619. The van der Waals surface area contributed by atoms with Gasteiger partial charge in [-0.15, -0.1) is 0 Å². The molecular weight excluding hydrogens is 312 g/mol. The summed E-state index contributed by atoms with van der Waals surface area (Å²) in [5.74, 6) is -0.0221. The second-order valence-electron chi connectivity index (χ2n) is 8.33. The highest BCUT2D eigenvalue weighted by molar-refractivity contribution is 5.84. The highest BCUT2D eigenvalue weighted by Crippen LogP contribution is 2.63. The van der Waals surface area contributed by atoms with Gasteiger partial charge >= 0.3 is 0 Å². The zero-order chi connectivity index (χ0) is 17.9. The summed E-state index contributed by atoms with van der Waals surface area (Å²) >= 11 is 0. The zero-order valence-corrected chi connectivity index (χ0v) is 15.4. The molecule has 0 unspecified atom stereocenters. The molecular formula is C21H30N2O2. The Balaban J connectivity index is 1.46. The molecule has 25 heavy (non-hydrogen) atoms. The van der Waals surface area contributed by atoms with Gasteiger partial charge in [0.15, 0.2) is 0 Å². The molecule has 0 aliphatic heterocycles. The molecule has 0 bridgehead atoms. The average molecular weight is 342 g/mol. The molecule has 4 heteroatoms. The Bertz CT molecular complexity index is 620. The standard InChI is InChI=1S/C21H30N2O2/c1-20(2)14-21(20,16-8-4-3-5-9-16)15-22-18(24)12-13-19(25)23-17-10-6-7-11-17/h3-5,8-9,17H,6-7,10-15H2,1-2H3,(H,22,24)(H,23,25)/t21-/m1/s1. The zero-order valence-electron chi connectivity index (χ0n) is 15.4. The van der Waals surface area contributed by atoms with Crippen molar-refractivity contribution in [1.82, 2.24) is 10.6 Å². The molecule has 1 aromatic rings. The molecule has 2 aliphatic carbocycles. The SMILES string of the molecule is CC1(C)C[C@@]1(CNC(=O)CCC(=O)NC1CCCC1)c1ccccc1. The van der Waals surface area contributed by atoms with E-state index in [1.165, 1.54) is 18.4 Å². The van der Waals surface area contributed by atoms with Crippen LogP contribution in [0, 0.1) is 5.41 Å². The monoisotopic (exact) mass is 342 g/mol. The van der Waals surface area contributed by atoms with E-state index in [9.17, 15) is 9.59 Å². The summed E-state index contributed by atoms with van der Waals surface area (Å²) in [6, 6.07) is 10.8. The van der Waals surface area contributed by atoms with E-state index < -0.39 is 0 Å². The van der Waals surface area contributed by atoms with Crippen molar-refractivity contribution in [1.29, 1.82) is 0 Å². The number of hydrogen-bond donors (Lipinski definition) is 2. The maximum Gasteiger partial charge on any atom is 0.220 e. The smallest absolute Gasteiger partial charge is 0.220 e. The van der Waals surface area contributed by atoms with Crippen LogP contribution in [0.4, 0.5) is 0 Å². The summed E-state index contributed by atoms with van der Waals surface area (Å²) in [5.41, 5.74) is 1.51. The topological polar surface area (TPSA) is 58.2 Å². The van der Waals surface area contributed by atoms with Gasteiger partial charge in [0.1, 0.15) is 0 Å². The molecule has 2 fully saturated rings. The van der Waals surface area contributed by atoms with E-state index in [1.807, 2.05) is 6.07 Å². The predicted octanol–water partition coefficient (Wildman–Crippen LogP) is 3.31. The number of amides is 2. The van der Waals surface area contributed by atoms with Gasteiger partial charge in [-0.3, -0.25) is 9.59 Å². The molecule has 2 saturated carbocycles. The molecule has 0 spiro atoms. The van der Waals surface area contributed by atoms with Gasteiger partial charge in [0.2, 0.25) is 11.8 Å². The third kappa shape index (κ3) is 4.05. The van der Waals surface area contributed by atoms with Crippen LogP contribution in [0.25, 0.3) is 0 Å². The molecule has 2 amide bonds. The van der Waals surface area contributed by atoms with Crippen LogP contribution >= 0.6 is 0 Å². The quantitative estimate of drug-likeness (QED) is 0.799. The van der Waals surface area contributed by atoms with Gasteiger partial charge in [-0.2, -0.15) is 0 Å². The first kappa shape index (κ1) is 18.0. The van der Waals surface area contributed by atoms with Crippen molar-refractivity contribution in [2.75, 3.05) is 6.54 Å². The lowest BCUT2D eigenvalue weighted by atomic mass is 9.88. The van der Waals surface area contributed by atoms with Crippen molar-refractivity contribution < 1.29 is 9.59 Å². The lowest BCUT2D eigenvalue weighted by Crippen LogP contribution is -2.36.